The first-order valence-corrected chi connectivity index (χ1v) is 11.2. The highest BCUT2D eigenvalue weighted by atomic mass is 17.1. The van der Waals surface area contributed by atoms with Gasteiger partial charge in [-0.3, -0.25) is 30.2 Å². The maximum atomic E-state index is 13.0. The molecule has 3 atom stereocenters. The molecule has 1 aliphatic rings. The van der Waals surface area contributed by atoms with Gasteiger partial charge in [-0.1, -0.05) is 30.3 Å². The number of aliphatic carboxylic acids is 1. The average Bonchev–Trinajstić information content (AvgIpc) is 3.13. The van der Waals surface area contributed by atoms with Crippen molar-refractivity contribution in [3.63, 3.8) is 0 Å². The van der Waals surface area contributed by atoms with Crippen LogP contribution in [0.2, 0.25) is 0 Å². The van der Waals surface area contributed by atoms with Crippen molar-refractivity contribution in [3.8, 4) is 0 Å². The second kappa shape index (κ2) is 13.7. The summed E-state index contributed by atoms with van der Waals surface area (Å²) in [6.45, 7) is 1.39. The van der Waals surface area contributed by atoms with E-state index in [1.165, 1.54) is 14.0 Å². The van der Waals surface area contributed by atoms with Crippen LogP contribution in [-0.4, -0.2) is 99.5 Å². The number of urea groups is 1. The van der Waals surface area contributed by atoms with Gasteiger partial charge in [-0.05, 0) is 38.2 Å². The maximum absolute atomic E-state index is 13.0. The van der Waals surface area contributed by atoms with E-state index in [1.54, 1.807) is 0 Å². The molecule has 2 rings (SSSR count). The fourth-order valence-corrected chi connectivity index (χ4v) is 3.60. The Kier molecular flexibility index (Phi) is 11.0. The number of carboxylic acids is 1. The number of likely N-dealkylation sites (N-methyl/N-ethyl adjacent to an activating group) is 1. The number of aryl methyl sites for hydroxylation is 1. The van der Waals surface area contributed by atoms with Crippen LogP contribution < -0.4 is 5.32 Å². The van der Waals surface area contributed by atoms with Crippen molar-refractivity contribution in [2.45, 2.75) is 50.7 Å². The van der Waals surface area contributed by atoms with Crippen molar-refractivity contribution in [3.05, 3.63) is 35.9 Å². The predicted molar refractivity (Wildman–Crippen MR) is 119 cm³/mol. The Morgan fingerprint density at radius 1 is 1.17 bits per heavy atom. The molecule has 0 aliphatic carbocycles. The van der Waals surface area contributed by atoms with E-state index >= 15 is 0 Å². The Morgan fingerprint density at radius 2 is 1.83 bits per heavy atom. The summed E-state index contributed by atoms with van der Waals surface area (Å²) in [4.78, 5) is 56.0. The van der Waals surface area contributed by atoms with Crippen LogP contribution in [0.5, 0.6) is 0 Å². The molecule has 3 unspecified atom stereocenters. The normalized spacial score (nSPS) is 17.5. The third-order valence-electron chi connectivity index (χ3n) is 5.47. The van der Waals surface area contributed by atoms with E-state index in [0.717, 1.165) is 10.5 Å². The first kappa shape index (κ1) is 28.1. The molecule has 194 valence electrons. The number of ether oxygens (including phenoxy) is 1. The Hall–Kier alpha value is -3.10. The van der Waals surface area contributed by atoms with Crippen molar-refractivity contribution in [1.29, 1.82) is 0 Å². The van der Waals surface area contributed by atoms with Crippen molar-refractivity contribution in [2.75, 3.05) is 26.8 Å². The van der Waals surface area contributed by atoms with Gasteiger partial charge in [0.25, 0.3) is 0 Å². The van der Waals surface area contributed by atoms with E-state index in [0.29, 0.717) is 30.6 Å². The van der Waals surface area contributed by atoms with E-state index in [1.807, 2.05) is 30.3 Å². The molecule has 0 radical (unpaired) electrons. The van der Waals surface area contributed by atoms with Gasteiger partial charge in [-0.25, -0.2) is 14.5 Å². The second-order valence-corrected chi connectivity index (χ2v) is 8.15. The van der Waals surface area contributed by atoms with Gasteiger partial charge in [0.05, 0.1) is 31.2 Å². The number of esters is 1. The lowest BCUT2D eigenvalue weighted by atomic mass is 10.0. The fraction of sp³-hybridized carbons (Fsp3) is 0.545. The number of hydrogen-bond acceptors (Lipinski definition) is 10. The summed E-state index contributed by atoms with van der Waals surface area (Å²) in [7, 11) is 1.41. The van der Waals surface area contributed by atoms with Crippen molar-refractivity contribution in [2.24, 2.45) is 0 Å². The standard InChI is InChI=1S/C22H32N4O9/c1-15(19(27)25-18(20(28)29)14-24(2)22(25)31)23-17(11-10-16-8-4-3-5-9-16)21(30)34-12-6-7-13-35-26(32)33/h3-5,8-9,15,17-18,23,32-33H,6-7,10-14H2,1-2H3,(H,28,29). The highest BCUT2D eigenvalue weighted by Crippen LogP contribution is 2.17. The summed E-state index contributed by atoms with van der Waals surface area (Å²) in [5.41, 5.74) is 0.975. The summed E-state index contributed by atoms with van der Waals surface area (Å²) in [6, 6.07) is 5.45. The molecule has 35 heavy (non-hydrogen) atoms. The zero-order valence-corrected chi connectivity index (χ0v) is 19.7. The molecule has 0 spiro atoms. The zero-order valence-electron chi connectivity index (χ0n) is 19.7. The number of amides is 3. The van der Waals surface area contributed by atoms with Crippen LogP contribution in [0.25, 0.3) is 0 Å². The molecule has 1 saturated heterocycles. The number of nitrogens with zero attached hydrogens (tertiary/aromatic N) is 3. The molecule has 0 bridgehead atoms. The summed E-state index contributed by atoms with van der Waals surface area (Å²) in [5.74, 6) is -2.65. The number of hydrogen-bond donors (Lipinski definition) is 4. The number of carbonyl (C=O) groups excluding carboxylic acids is 3. The van der Waals surface area contributed by atoms with Crippen LogP contribution in [0.3, 0.4) is 0 Å². The smallest absolute Gasteiger partial charge is 0.328 e. The molecular weight excluding hydrogens is 464 g/mol. The Balaban J connectivity index is 2.01. The number of imide groups is 1. The van der Waals surface area contributed by atoms with Crippen LogP contribution in [0.15, 0.2) is 30.3 Å². The number of carbonyl (C=O) groups is 4. The van der Waals surface area contributed by atoms with Gasteiger partial charge in [0.1, 0.15) is 6.04 Å². The summed E-state index contributed by atoms with van der Waals surface area (Å²) >= 11 is 0. The van der Waals surface area contributed by atoms with Gasteiger partial charge in [-0.2, -0.15) is 0 Å². The fourth-order valence-electron chi connectivity index (χ4n) is 3.60. The van der Waals surface area contributed by atoms with Gasteiger partial charge in [0, 0.05) is 7.05 Å². The number of unbranched alkanes of at least 4 members (excludes halogenated alkanes) is 1. The summed E-state index contributed by atoms with van der Waals surface area (Å²) in [5, 5.41) is 28.9. The lowest BCUT2D eigenvalue weighted by molar-refractivity contribution is -0.492. The summed E-state index contributed by atoms with van der Waals surface area (Å²) in [6.07, 6.45) is 1.59. The molecule has 1 aromatic rings. The monoisotopic (exact) mass is 496 g/mol. The molecule has 13 nitrogen and oxygen atoms in total. The summed E-state index contributed by atoms with van der Waals surface area (Å²) < 4.78 is 5.31. The number of nitrogens with one attached hydrogen (secondary N) is 1. The van der Waals surface area contributed by atoms with Gasteiger partial charge < -0.3 is 14.7 Å². The topological polar surface area (TPSA) is 169 Å². The molecule has 1 aliphatic heterocycles. The highest BCUT2D eigenvalue weighted by Gasteiger charge is 2.45. The molecular formula is C22H32N4O9. The minimum absolute atomic E-state index is 0.00876. The van der Waals surface area contributed by atoms with Crippen LogP contribution in [0.1, 0.15) is 31.7 Å². The lowest BCUT2D eigenvalue weighted by Gasteiger charge is -2.26. The minimum Gasteiger partial charge on any atom is -0.480 e. The first-order chi connectivity index (χ1) is 16.6. The van der Waals surface area contributed by atoms with Crippen LogP contribution in [0.4, 0.5) is 4.79 Å². The van der Waals surface area contributed by atoms with E-state index < -0.39 is 47.4 Å². The Labute approximate surface area is 202 Å². The third-order valence-corrected chi connectivity index (χ3v) is 5.47. The molecule has 1 aromatic carbocycles. The van der Waals surface area contributed by atoms with Crippen molar-refractivity contribution >= 4 is 23.9 Å². The second-order valence-electron chi connectivity index (χ2n) is 8.15. The molecule has 1 heterocycles. The van der Waals surface area contributed by atoms with Crippen LogP contribution in [-0.2, 0) is 30.4 Å². The van der Waals surface area contributed by atoms with E-state index in [9.17, 15) is 24.3 Å². The van der Waals surface area contributed by atoms with Crippen LogP contribution >= 0.6 is 0 Å². The molecule has 0 aromatic heterocycles. The highest BCUT2D eigenvalue weighted by molar-refractivity contribution is 6.02. The quantitative estimate of drug-likeness (QED) is 0.162. The van der Waals surface area contributed by atoms with E-state index in [2.05, 4.69) is 10.2 Å². The molecule has 3 amide bonds. The van der Waals surface area contributed by atoms with Crippen LogP contribution in [0, 0.1) is 0 Å². The van der Waals surface area contributed by atoms with Gasteiger partial charge >= 0.3 is 18.0 Å². The molecule has 1 fully saturated rings. The predicted octanol–water partition coefficient (Wildman–Crippen LogP) is 0.649. The number of benzene rings is 1. The maximum Gasteiger partial charge on any atom is 0.328 e. The third kappa shape index (κ3) is 8.56. The van der Waals surface area contributed by atoms with Crippen molar-refractivity contribution < 1.29 is 44.3 Å². The van der Waals surface area contributed by atoms with Gasteiger partial charge in [-0.15, -0.1) is 0 Å². The zero-order chi connectivity index (χ0) is 26.0. The van der Waals surface area contributed by atoms with Gasteiger partial charge in [0.15, 0.2) is 6.04 Å². The SMILES string of the molecule is CC(NC(CCc1ccccc1)C(=O)OCCCCON(O)O)C(=O)N1C(=O)N(C)CC1C(=O)O. The molecule has 4 N–H and O–H groups in total. The van der Waals surface area contributed by atoms with Gasteiger partial charge in [0.2, 0.25) is 5.91 Å². The lowest BCUT2D eigenvalue weighted by Crippen LogP contribution is -2.54. The number of rotatable bonds is 14. The Morgan fingerprint density at radius 3 is 2.46 bits per heavy atom. The molecule has 13 heteroatoms. The molecule has 0 saturated carbocycles. The average molecular weight is 497 g/mol. The Bertz CT molecular complexity index is 868. The number of carboxylic acid groups (broad SMARTS) is 1. The van der Waals surface area contributed by atoms with E-state index in [-0.39, 0.29) is 19.8 Å². The van der Waals surface area contributed by atoms with Crippen molar-refractivity contribution in [1.82, 2.24) is 20.5 Å². The largest absolute Gasteiger partial charge is 0.480 e. The van der Waals surface area contributed by atoms with E-state index in [4.69, 9.17) is 15.2 Å². The first-order valence-electron chi connectivity index (χ1n) is 11.2. The minimum atomic E-state index is -1.31.